The van der Waals surface area contributed by atoms with E-state index in [4.69, 9.17) is 4.74 Å². The SMILES string of the molecule is COc1cccc(N2C[C@@H](NC(=O)Nc3ccccc3-c3ccccc3)CC2=O)c1. The number of hydrogen-bond donors (Lipinski definition) is 2. The van der Waals surface area contributed by atoms with Crippen molar-refractivity contribution in [3.05, 3.63) is 78.9 Å². The summed E-state index contributed by atoms with van der Waals surface area (Å²) in [6.45, 7) is 0.416. The third-order valence-corrected chi connectivity index (χ3v) is 5.09. The molecule has 0 bridgehead atoms. The van der Waals surface area contributed by atoms with Gasteiger partial charge in [-0.25, -0.2) is 4.79 Å². The lowest BCUT2D eigenvalue weighted by Crippen LogP contribution is -2.39. The molecule has 3 aromatic carbocycles. The van der Waals surface area contributed by atoms with E-state index in [-0.39, 0.29) is 24.4 Å². The fraction of sp³-hybridized carbons (Fsp3) is 0.167. The Kier molecular flexibility index (Phi) is 5.66. The molecule has 30 heavy (non-hydrogen) atoms. The standard InChI is InChI=1S/C24H23N3O3/c1-30-20-11-7-10-19(15-20)27-16-18(14-23(27)28)25-24(29)26-22-13-6-5-12-21(22)17-8-3-2-4-9-17/h2-13,15,18H,14,16H2,1H3,(H2,25,26,29)/t18-/m0/s1. The van der Waals surface area contributed by atoms with E-state index in [0.717, 1.165) is 22.5 Å². The molecule has 4 rings (SSSR count). The van der Waals surface area contributed by atoms with Gasteiger partial charge in [-0.1, -0.05) is 54.6 Å². The summed E-state index contributed by atoms with van der Waals surface area (Å²) in [5.41, 5.74) is 3.44. The van der Waals surface area contributed by atoms with Crippen molar-refractivity contribution in [1.82, 2.24) is 5.32 Å². The van der Waals surface area contributed by atoms with E-state index in [1.54, 1.807) is 12.0 Å². The fourth-order valence-electron chi connectivity index (χ4n) is 3.64. The van der Waals surface area contributed by atoms with Crippen LogP contribution in [0.25, 0.3) is 11.1 Å². The number of rotatable bonds is 5. The van der Waals surface area contributed by atoms with Crippen LogP contribution in [0.3, 0.4) is 0 Å². The summed E-state index contributed by atoms with van der Waals surface area (Å²) < 4.78 is 5.24. The van der Waals surface area contributed by atoms with Crippen molar-refractivity contribution in [3.63, 3.8) is 0 Å². The van der Waals surface area contributed by atoms with Crippen molar-refractivity contribution in [2.45, 2.75) is 12.5 Å². The number of carbonyl (C=O) groups excluding carboxylic acids is 2. The molecule has 6 nitrogen and oxygen atoms in total. The lowest BCUT2D eigenvalue weighted by molar-refractivity contribution is -0.117. The zero-order valence-corrected chi connectivity index (χ0v) is 16.7. The third-order valence-electron chi connectivity index (χ3n) is 5.09. The number of anilines is 2. The van der Waals surface area contributed by atoms with Gasteiger partial charge >= 0.3 is 6.03 Å². The highest BCUT2D eigenvalue weighted by Gasteiger charge is 2.31. The second-order valence-electron chi connectivity index (χ2n) is 7.12. The minimum atomic E-state index is -0.330. The molecule has 3 amide bonds. The van der Waals surface area contributed by atoms with Crippen LogP contribution in [0, 0.1) is 0 Å². The lowest BCUT2D eigenvalue weighted by Gasteiger charge is -2.18. The minimum absolute atomic E-state index is 0.0294. The van der Waals surface area contributed by atoms with E-state index in [1.807, 2.05) is 78.9 Å². The Hall–Kier alpha value is -3.80. The average Bonchev–Trinajstić information content (AvgIpc) is 3.14. The maximum atomic E-state index is 12.6. The first-order valence-corrected chi connectivity index (χ1v) is 9.80. The number of ether oxygens (including phenoxy) is 1. The highest BCUT2D eigenvalue weighted by molar-refractivity contribution is 5.98. The summed E-state index contributed by atoms with van der Waals surface area (Å²) in [5, 5.41) is 5.84. The van der Waals surface area contributed by atoms with Crippen LogP contribution in [0.5, 0.6) is 5.75 Å². The molecule has 2 N–H and O–H groups in total. The molecule has 0 aliphatic carbocycles. The molecule has 3 aromatic rings. The minimum Gasteiger partial charge on any atom is -0.497 e. The largest absolute Gasteiger partial charge is 0.497 e. The molecule has 1 atom stereocenters. The Bertz CT molecular complexity index is 1050. The lowest BCUT2D eigenvalue weighted by atomic mass is 10.0. The predicted molar refractivity (Wildman–Crippen MR) is 118 cm³/mol. The molecule has 1 aliphatic rings. The number of methoxy groups -OCH3 is 1. The van der Waals surface area contributed by atoms with Gasteiger partial charge in [0.2, 0.25) is 5.91 Å². The van der Waals surface area contributed by atoms with Gasteiger partial charge in [0.05, 0.1) is 18.8 Å². The van der Waals surface area contributed by atoms with Crippen molar-refractivity contribution >= 4 is 23.3 Å². The average molecular weight is 401 g/mol. The van der Waals surface area contributed by atoms with E-state index in [9.17, 15) is 9.59 Å². The van der Waals surface area contributed by atoms with Crippen LogP contribution < -0.4 is 20.3 Å². The number of benzene rings is 3. The molecular weight excluding hydrogens is 378 g/mol. The van der Waals surface area contributed by atoms with Gasteiger partial charge in [0.25, 0.3) is 0 Å². The van der Waals surface area contributed by atoms with Crippen molar-refractivity contribution in [2.75, 3.05) is 23.9 Å². The van der Waals surface area contributed by atoms with Crippen LogP contribution in [0.2, 0.25) is 0 Å². The molecular formula is C24H23N3O3. The first-order chi connectivity index (χ1) is 14.6. The molecule has 6 heteroatoms. The van der Waals surface area contributed by atoms with Crippen LogP contribution in [0.15, 0.2) is 78.9 Å². The molecule has 0 spiro atoms. The summed E-state index contributed by atoms with van der Waals surface area (Å²) in [6, 6.07) is 24.3. The molecule has 1 saturated heterocycles. The van der Waals surface area contributed by atoms with Gasteiger partial charge in [0.1, 0.15) is 5.75 Å². The number of carbonyl (C=O) groups is 2. The molecule has 1 aliphatic heterocycles. The molecule has 1 fully saturated rings. The number of amides is 3. The van der Waals surface area contributed by atoms with E-state index < -0.39 is 0 Å². The smallest absolute Gasteiger partial charge is 0.319 e. The van der Waals surface area contributed by atoms with Crippen molar-refractivity contribution in [1.29, 1.82) is 0 Å². The Balaban J connectivity index is 1.43. The van der Waals surface area contributed by atoms with E-state index >= 15 is 0 Å². The van der Waals surface area contributed by atoms with E-state index in [2.05, 4.69) is 10.6 Å². The Morgan fingerprint density at radius 3 is 2.57 bits per heavy atom. The van der Waals surface area contributed by atoms with Crippen LogP contribution in [0.4, 0.5) is 16.2 Å². The van der Waals surface area contributed by atoms with Crippen molar-refractivity contribution in [2.24, 2.45) is 0 Å². The van der Waals surface area contributed by atoms with Gasteiger partial charge < -0.3 is 20.3 Å². The van der Waals surface area contributed by atoms with Crippen LogP contribution in [0.1, 0.15) is 6.42 Å². The normalized spacial score (nSPS) is 15.7. The fourth-order valence-corrected chi connectivity index (χ4v) is 3.64. The summed E-state index contributed by atoms with van der Waals surface area (Å²) in [4.78, 5) is 26.8. The second-order valence-corrected chi connectivity index (χ2v) is 7.12. The van der Waals surface area contributed by atoms with Gasteiger partial charge in [-0.3, -0.25) is 4.79 Å². The zero-order valence-electron chi connectivity index (χ0n) is 16.7. The zero-order chi connectivity index (χ0) is 20.9. The number of hydrogen-bond acceptors (Lipinski definition) is 3. The summed E-state index contributed by atoms with van der Waals surface area (Å²) in [6.07, 6.45) is 0.255. The Morgan fingerprint density at radius 1 is 1.00 bits per heavy atom. The third kappa shape index (κ3) is 4.27. The van der Waals surface area contributed by atoms with Gasteiger partial charge in [0.15, 0.2) is 0 Å². The van der Waals surface area contributed by atoms with Crippen LogP contribution in [-0.4, -0.2) is 31.6 Å². The van der Waals surface area contributed by atoms with E-state index in [1.165, 1.54) is 0 Å². The van der Waals surface area contributed by atoms with Gasteiger partial charge in [-0.15, -0.1) is 0 Å². The summed E-state index contributed by atoms with van der Waals surface area (Å²) in [7, 11) is 1.59. The monoisotopic (exact) mass is 401 g/mol. The quantitative estimate of drug-likeness (QED) is 0.670. The Labute approximate surface area is 175 Å². The van der Waals surface area contributed by atoms with Gasteiger partial charge in [-0.2, -0.15) is 0 Å². The Morgan fingerprint density at radius 2 is 1.77 bits per heavy atom. The molecule has 0 saturated carbocycles. The van der Waals surface area contributed by atoms with Crippen LogP contribution in [-0.2, 0) is 4.79 Å². The molecule has 1 heterocycles. The number of nitrogens with zero attached hydrogens (tertiary/aromatic N) is 1. The van der Waals surface area contributed by atoms with Crippen LogP contribution >= 0.6 is 0 Å². The molecule has 0 radical (unpaired) electrons. The summed E-state index contributed by atoms with van der Waals surface area (Å²) in [5.74, 6) is 0.658. The molecule has 0 unspecified atom stereocenters. The highest BCUT2D eigenvalue weighted by Crippen LogP contribution is 2.28. The molecule has 0 aromatic heterocycles. The van der Waals surface area contributed by atoms with Gasteiger partial charge in [-0.05, 0) is 23.8 Å². The predicted octanol–water partition coefficient (Wildman–Crippen LogP) is 4.29. The second kappa shape index (κ2) is 8.69. The highest BCUT2D eigenvalue weighted by atomic mass is 16.5. The first-order valence-electron chi connectivity index (χ1n) is 9.80. The van der Waals surface area contributed by atoms with E-state index in [0.29, 0.717) is 12.3 Å². The molecule has 152 valence electrons. The number of nitrogens with one attached hydrogen (secondary N) is 2. The maximum absolute atomic E-state index is 12.6. The maximum Gasteiger partial charge on any atom is 0.319 e. The summed E-state index contributed by atoms with van der Waals surface area (Å²) >= 11 is 0. The first kappa shape index (κ1) is 19.5. The van der Waals surface area contributed by atoms with Gasteiger partial charge in [0, 0.05) is 30.3 Å². The number of para-hydroxylation sites is 1. The van der Waals surface area contributed by atoms with Crippen molar-refractivity contribution < 1.29 is 14.3 Å². The van der Waals surface area contributed by atoms with Crippen molar-refractivity contribution in [3.8, 4) is 16.9 Å². The topological polar surface area (TPSA) is 70.7 Å². The number of urea groups is 1.